The van der Waals surface area contributed by atoms with E-state index in [1.54, 1.807) is 14.2 Å². The van der Waals surface area contributed by atoms with Gasteiger partial charge in [-0.15, -0.1) is 0 Å². The van der Waals surface area contributed by atoms with E-state index in [9.17, 15) is 0 Å². The number of nitrogens with one attached hydrogen (secondary N) is 2. The SMILES string of the molecule is COc1ccc2c(c1)CCC(c1ccc(OC)cc1NCc1ccc(NCCN3CCCCC3)cc1)C2. The molecule has 0 bridgehead atoms. The number of nitrogens with zero attached hydrogens (tertiary/aromatic N) is 1. The van der Waals surface area contributed by atoms with E-state index in [2.05, 4.69) is 76.2 Å². The molecule has 5 rings (SSSR count). The van der Waals surface area contributed by atoms with Gasteiger partial charge in [0, 0.05) is 37.1 Å². The van der Waals surface area contributed by atoms with E-state index in [1.165, 1.54) is 66.0 Å². The van der Waals surface area contributed by atoms with E-state index >= 15 is 0 Å². The van der Waals surface area contributed by atoms with Crippen LogP contribution in [-0.2, 0) is 19.4 Å². The molecule has 0 radical (unpaired) electrons. The molecule has 1 aliphatic carbocycles. The number of ether oxygens (including phenoxy) is 2. The number of hydrogen-bond acceptors (Lipinski definition) is 5. The number of rotatable bonds is 10. The van der Waals surface area contributed by atoms with Gasteiger partial charge in [-0.3, -0.25) is 0 Å². The maximum absolute atomic E-state index is 5.56. The highest BCUT2D eigenvalue weighted by Crippen LogP contribution is 2.38. The molecule has 3 aromatic carbocycles. The molecule has 1 atom stereocenters. The molecular formula is C32H41N3O2. The minimum Gasteiger partial charge on any atom is -0.497 e. The first kappa shape index (κ1) is 25.5. The Morgan fingerprint density at radius 1 is 0.811 bits per heavy atom. The van der Waals surface area contributed by atoms with Crippen LogP contribution in [-0.4, -0.2) is 45.3 Å². The molecule has 37 heavy (non-hydrogen) atoms. The number of likely N-dealkylation sites (tertiary alicyclic amines) is 1. The van der Waals surface area contributed by atoms with Gasteiger partial charge in [0.2, 0.25) is 0 Å². The predicted octanol–water partition coefficient (Wildman–Crippen LogP) is 6.49. The van der Waals surface area contributed by atoms with E-state index in [-0.39, 0.29) is 0 Å². The van der Waals surface area contributed by atoms with Gasteiger partial charge in [0.25, 0.3) is 0 Å². The fraction of sp³-hybridized carbons (Fsp3) is 0.438. The summed E-state index contributed by atoms with van der Waals surface area (Å²) in [6.07, 6.45) is 7.35. The van der Waals surface area contributed by atoms with Crippen molar-refractivity contribution >= 4 is 11.4 Å². The van der Waals surface area contributed by atoms with Crippen LogP contribution in [0.1, 0.15) is 53.9 Å². The quantitative estimate of drug-likeness (QED) is 0.334. The highest BCUT2D eigenvalue weighted by molar-refractivity contribution is 5.58. The summed E-state index contributed by atoms with van der Waals surface area (Å²) in [5.41, 5.74) is 7.87. The van der Waals surface area contributed by atoms with Crippen molar-refractivity contribution < 1.29 is 9.47 Å². The maximum Gasteiger partial charge on any atom is 0.120 e. The van der Waals surface area contributed by atoms with Crippen LogP contribution in [0.3, 0.4) is 0 Å². The van der Waals surface area contributed by atoms with Crippen LogP contribution in [0.4, 0.5) is 11.4 Å². The van der Waals surface area contributed by atoms with E-state index in [1.807, 2.05) is 0 Å². The summed E-state index contributed by atoms with van der Waals surface area (Å²) < 4.78 is 11.0. The summed E-state index contributed by atoms with van der Waals surface area (Å²) >= 11 is 0. The van der Waals surface area contributed by atoms with Crippen molar-refractivity contribution in [3.05, 3.63) is 82.9 Å². The molecule has 1 unspecified atom stereocenters. The second-order valence-electron chi connectivity index (χ2n) is 10.4. The first-order valence-electron chi connectivity index (χ1n) is 13.8. The van der Waals surface area contributed by atoms with Crippen LogP contribution < -0.4 is 20.1 Å². The van der Waals surface area contributed by atoms with Gasteiger partial charge in [-0.2, -0.15) is 0 Å². The van der Waals surface area contributed by atoms with Crippen LogP contribution in [0.2, 0.25) is 0 Å². The summed E-state index contributed by atoms with van der Waals surface area (Å²) in [5, 5.41) is 7.31. The lowest BCUT2D eigenvalue weighted by atomic mass is 9.79. The molecule has 1 fully saturated rings. The lowest BCUT2D eigenvalue weighted by molar-refractivity contribution is 0.237. The Morgan fingerprint density at radius 2 is 1.57 bits per heavy atom. The predicted molar refractivity (Wildman–Crippen MR) is 153 cm³/mol. The van der Waals surface area contributed by atoms with Gasteiger partial charge in [0.1, 0.15) is 11.5 Å². The summed E-state index contributed by atoms with van der Waals surface area (Å²) in [6.45, 7) is 5.42. The van der Waals surface area contributed by atoms with Crippen molar-refractivity contribution in [2.24, 2.45) is 0 Å². The highest BCUT2D eigenvalue weighted by atomic mass is 16.5. The summed E-state index contributed by atoms with van der Waals surface area (Å²) in [5.74, 6) is 2.33. The molecule has 1 aliphatic heterocycles. The Balaban J connectivity index is 1.20. The third-order valence-corrected chi connectivity index (χ3v) is 7.98. The van der Waals surface area contributed by atoms with E-state index < -0.39 is 0 Å². The molecular weight excluding hydrogens is 458 g/mol. The lowest BCUT2D eigenvalue weighted by Gasteiger charge is -2.27. The molecule has 0 spiro atoms. The van der Waals surface area contributed by atoms with Gasteiger partial charge < -0.3 is 25.0 Å². The first-order valence-corrected chi connectivity index (χ1v) is 13.8. The van der Waals surface area contributed by atoms with Gasteiger partial charge >= 0.3 is 0 Å². The van der Waals surface area contributed by atoms with Gasteiger partial charge in [-0.25, -0.2) is 0 Å². The van der Waals surface area contributed by atoms with E-state index in [0.29, 0.717) is 5.92 Å². The van der Waals surface area contributed by atoms with Crippen molar-refractivity contribution in [2.75, 3.05) is 51.0 Å². The Hall–Kier alpha value is -3.18. The number of piperidine rings is 1. The molecule has 5 nitrogen and oxygen atoms in total. The number of benzene rings is 3. The van der Waals surface area contributed by atoms with Gasteiger partial charge in [0.15, 0.2) is 0 Å². The zero-order valence-electron chi connectivity index (χ0n) is 22.4. The van der Waals surface area contributed by atoms with Crippen LogP contribution in [0.25, 0.3) is 0 Å². The monoisotopic (exact) mass is 499 g/mol. The summed E-state index contributed by atoms with van der Waals surface area (Å²) in [4.78, 5) is 2.57. The van der Waals surface area contributed by atoms with Gasteiger partial charge in [-0.05, 0) is 104 Å². The number of methoxy groups -OCH3 is 2. The number of aryl methyl sites for hydroxylation is 1. The molecule has 5 heteroatoms. The van der Waals surface area contributed by atoms with E-state index in [4.69, 9.17) is 9.47 Å². The minimum atomic E-state index is 0.487. The van der Waals surface area contributed by atoms with Crippen LogP contribution >= 0.6 is 0 Å². The zero-order chi connectivity index (χ0) is 25.5. The standard InChI is InChI=1S/C32H41N3O2/c1-36-29-13-10-25-20-27(9-8-26(25)21-29)31-15-14-30(37-2)22-32(31)34-23-24-6-11-28(12-7-24)33-16-19-35-17-4-3-5-18-35/h6-7,10-15,21-22,27,33-34H,3-5,8-9,16-20,23H2,1-2H3. The number of hydrogen-bond donors (Lipinski definition) is 2. The van der Waals surface area contributed by atoms with Gasteiger partial charge in [0.05, 0.1) is 14.2 Å². The molecule has 2 N–H and O–H groups in total. The normalized spacial score (nSPS) is 17.6. The number of fused-ring (bicyclic) bond motifs is 1. The zero-order valence-corrected chi connectivity index (χ0v) is 22.4. The Labute approximate surface area is 222 Å². The second-order valence-corrected chi connectivity index (χ2v) is 10.4. The smallest absolute Gasteiger partial charge is 0.120 e. The van der Waals surface area contributed by atoms with Crippen molar-refractivity contribution in [3.63, 3.8) is 0 Å². The van der Waals surface area contributed by atoms with E-state index in [0.717, 1.165) is 50.4 Å². The van der Waals surface area contributed by atoms with Gasteiger partial charge in [-0.1, -0.05) is 30.7 Å². The first-order chi connectivity index (χ1) is 18.2. The molecule has 1 heterocycles. The summed E-state index contributed by atoms with van der Waals surface area (Å²) in [7, 11) is 3.48. The Bertz CT molecular complexity index is 1160. The molecule has 1 saturated heterocycles. The fourth-order valence-corrected chi connectivity index (χ4v) is 5.77. The molecule has 0 amide bonds. The van der Waals surface area contributed by atoms with Crippen LogP contribution in [0.15, 0.2) is 60.7 Å². The fourth-order valence-electron chi connectivity index (χ4n) is 5.77. The largest absolute Gasteiger partial charge is 0.497 e. The average Bonchev–Trinajstić information content (AvgIpc) is 2.96. The molecule has 0 saturated carbocycles. The topological polar surface area (TPSA) is 45.8 Å². The third-order valence-electron chi connectivity index (χ3n) is 7.98. The van der Waals surface area contributed by atoms with Crippen molar-refractivity contribution in [2.45, 2.75) is 51.0 Å². The lowest BCUT2D eigenvalue weighted by Crippen LogP contribution is -2.33. The third kappa shape index (κ3) is 6.58. The summed E-state index contributed by atoms with van der Waals surface area (Å²) in [6, 6.07) is 21.9. The molecule has 0 aromatic heterocycles. The minimum absolute atomic E-state index is 0.487. The van der Waals surface area contributed by atoms with Crippen LogP contribution in [0.5, 0.6) is 11.5 Å². The molecule has 196 valence electrons. The van der Waals surface area contributed by atoms with Crippen molar-refractivity contribution in [1.82, 2.24) is 4.90 Å². The molecule has 3 aromatic rings. The van der Waals surface area contributed by atoms with Crippen LogP contribution in [0, 0.1) is 0 Å². The van der Waals surface area contributed by atoms with Crippen molar-refractivity contribution in [1.29, 1.82) is 0 Å². The average molecular weight is 500 g/mol. The highest BCUT2D eigenvalue weighted by Gasteiger charge is 2.23. The Morgan fingerprint density at radius 3 is 2.35 bits per heavy atom. The Kier molecular flexibility index (Phi) is 8.52. The maximum atomic E-state index is 5.56. The van der Waals surface area contributed by atoms with Crippen molar-refractivity contribution in [3.8, 4) is 11.5 Å². The second kappa shape index (κ2) is 12.4. The molecule has 2 aliphatic rings. The number of anilines is 2.